The van der Waals surface area contributed by atoms with Gasteiger partial charge in [0.15, 0.2) is 0 Å². The first kappa shape index (κ1) is 15.6. The van der Waals surface area contributed by atoms with Crippen molar-refractivity contribution in [3.05, 3.63) is 33.1 Å². The number of aliphatic imine (C=N–C) groups is 1. The molecule has 9 heteroatoms. The van der Waals surface area contributed by atoms with Gasteiger partial charge in [-0.1, -0.05) is 29.3 Å². The van der Waals surface area contributed by atoms with Crippen molar-refractivity contribution in [1.29, 1.82) is 0 Å². The zero-order chi connectivity index (χ0) is 16.8. The minimum absolute atomic E-state index is 0.467. The average molecular weight is 379 g/mol. The Kier molecular flexibility index (Phi) is 3.80. The first-order valence-electron chi connectivity index (χ1n) is 7.17. The van der Waals surface area contributed by atoms with Crippen molar-refractivity contribution >= 4 is 62.2 Å². The van der Waals surface area contributed by atoms with E-state index in [4.69, 9.17) is 34.7 Å². The molecule has 0 unspecified atom stereocenters. The van der Waals surface area contributed by atoms with E-state index in [-0.39, 0.29) is 0 Å². The first-order chi connectivity index (χ1) is 11.6. The van der Waals surface area contributed by atoms with Gasteiger partial charge in [-0.2, -0.15) is 0 Å². The van der Waals surface area contributed by atoms with Gasteiger partial charge in [0.05, 0.1) is 31.7 Å². The maximum absolute atomic E-state index is 6.17. The molecule has 0 saturated heterocycles. The Hall–Kier alpha value is -1.93. The van der Waals surface area contributed by atoms with Crippen LogP contribution in [0.3, 0.4) is 0 Å². The maximum Gasteiger partial charge on any atom is 0.224 e. The predicted octanol–water partition coefficient (Wildman–Crippen LogP) is 3.39. The number of amidine groups is 1. The van der Waals surface area contributed by atoms with E-state index in [0.29, 0.717) is 34.9 Å². The minimum atomic E-state index is 0.467. The number of nitrogens with two attached hydrogens (primary N) is 2. The summed E-state index contributed by atoms with van der Waals surface area (Å²) < 4.78 is 0. The molecule has 1 aliphatic rings. The van der Waals surface area contributed by atoms with Crippen LogP contribution >= 0.6 is 34.5 Å². The van der Waals surface area contributed by atoms with Crippen molar-refractivity contribution in [2.24, 2.45) is 16.5 Å². The maximum atomic E-state index is 6.17. The molecule has 0 amide bonds. The molecular formula is C15H12Cl2N6S. The molecule has 0 bridgehead atoms. The molecule has 24 heavy (non-hydrogen) atoms. The number of aromatic nitrogens is 2. The smallest absolute Gasteiger partial charge is 0.224 e. The van der Waals surface area contributed by atoms with Gasteiger partial charge in [0.25, 0.3) is 0 Å². The van der Waals surface area contributed by atoms with Crippen LogP contribution in [-0.2, 0) is 0 Å². The molecule has 0 fully saturated rings. The van der Waals surface area contributed by atoms with Gasteiger partial charge in [-0.05, 0) is 12.1 Å². The lowest BCUT2D eigenvalue weighted by atomic mass is 10.1. The number of anilines is 1. The second-order valence-electron chi connectivity index (χ2n) is 5.20. The number of nitrogens with one attached hydrogen (secondary N) is 1. The van der Waals surface area contributed by atoms with Gasteiger partial charge in [0.1, 0.15) is 10.7 Å². The van der Waals surface area contributed by atoms with Crippen LogP contribution in [0.25, 0.3) is 21.5 Å². The summed E-state index contributed by atoms with van der Waals surface area (Å²) in [5.41, 5.74) is 13.8. The molecule has 0 radical (unpaired) electrons. The number of hydrogen-bond donors (Lipinski definition) is 3. The topological polar surface area (TPSA) is 102 Å². The van der Waals surface area contributed by atoms with E-state index in [1.165, 1.54) is 11.3 Å². The summed E-state index contributed by atoms with van der Waals surface area (Å²) in [4.78, 5) is 15.3. The van der Waals surface area contributed by atoms with Crippen molar-refractivity contribution in [2.75, 3.05) is 18.4 Å². The number of thiophene rings is 1. The summed E-state index contributed by atoms with van der Waals surface area (Å²) >= 11 is 13.7. The predicted molar refractivity (Wildman–Crippen MR) is 101 cm³/mol. The van der Waals surface area contributed by atoms with E-state index in [1.54, 1.807) is 12.1 Å². The molecule has 6 nitrogen and oxygen atoms in total. The molecule has 5 N–H and O–H groups in total. The summed E-state index contributed by atoms with van der Waals surface area (Å²) in [5, 5.41) is 4.95. The molecule has 4 rings (SSSR count). The van der Waals surface area contributed by atoms with Crippen LogP contribution in [-0.4, -0.2) is 28.9 Å². The van der Waals surface area contributed by atoms with Gasteiger partial charge >= 0.3 is 0 Å². The fraction of sp³-hybridized carbons (Fsp3) is 0.133. The van der Waals surface area contributed by atoms with Crippen molar-refractivity contribution in [2.45, 2.75) is 0 Å². The Bertz CT molecular complexity index is 997. The molecule has 3 heterocycles. The standard InChI is InChI=1S/C15H12Cl2N6S/c16-7-2-1-6(5-8(7)17)10-9-11-12(13(19)21-11)24-14(9)23-15(22-10)20-4-3-18/h1-2,5H,3-4,18H2,(H2,19,21)(H,20,22,23). The van der Waals surface area contributed by atoms with Gasteiger partial charge in [-0.25, -0.2) is 15.0 Å². The van der Waals surface area contributed by atoms with Crippen LogP contribution in [0, 0.1) is 0 Å². The van der Waals surface area contributed by atoms with Crippen molar-refractivity contribution < 1.29 is 0 Å². The highest BCUT2D eigenvalue weighted by molar-refractivity contribution is 7.21. The molecule has 0 atom stereocenters. The van der Waals surface area contributed by atoms with E-state index in [1.807, 2.05) is 6.07 Å². The number of hydrogen-bond acceptors (Lipinski definition) is 7. The lowest BCUT2D eigenvalue weighted by Gasteiger charge is -2.11. The van der Waals surface area contributed by atoms with Crippen LogP contribution in [0.2, 0.25) is 10.0 Å². The molecule has 0 spiro atoms. The van der Waals surface area contributed by atoms with E-state index < -0.39 is 0 Å². The van der Waals surface area contributed by atoms with Gasteiger partial charge < -0.3 is 16.8 Å². The van der Waals surface area contributed by atoms with Crippen molar-refractivity contribution in [3.8, 4) is 11.3 Å². The first-order valence-corrected chi connectivity index (χ1v) is 8.74. The van der Waals surface area contributed by atoms with Gasteiger partial charge in [-0.3, -0.25) is 0 Å². The van der Waals surface area contributed by atoms with Crippen LogP contribution < -0.4 is 16.8 Å². The molecule has 0 saturated carbocycles. The monoisotopic (exact) mass is 378 g/mol. The Labute approximate surface area is 151 Å². The number of halogens is 2. The lowest BCUT2D eigenvalue weighted by Crippen LogP contribution is -2.17. The Morgan fingerprint density at radius 2 is 2.00 bits per heavy atom. The zero-order valence-electron chi connectivity index (χ0n) is 12.3. The molecule has 1 aliphatic heterocycles. The Morgan fingerprint density at radius 3 is 2.71 bits per heavy atom. The summed E-state index contributed by atoms with van der Waals surface area (Å²) in [5.74, 6) is 1.04. The number of rotatable bonds is 4. The van der Waals surface area contributed by atoms with Crippen LogP contribution in [0.15, 0.2) is 23.2 Å². The fourth-order valence-corrected chi connectivity index (χ4v) is 3.81. The van der Waals surface area contributed by atoms with Crippen LogP contribution in [0.1, 0.15) is 4.88 Å². The summed E-state index contributed by atoms with van der Waals surface area (Å²) in [6.07, 6.45) is 0. The molecule has 0 aliphatic carbocycles. The molecule has 2 aromatic heterocycles. The zero-order valence-corrected chi connectivity index (χ0v) is 14.6. The Morgan fingerprint density at radius 1 is 1.17 bits per heavy atom. The summed E-state index contributed by atoms with van der Waals surface area (Å²) in [6, 6.07) is 5.41. The number of nitrogens with zero attached hydrogens (tertiary/aromatic N) is 3. The highest BCUT2D eigenvalue weighted by Gasteiger charge is 2.27. The third-order valence-corrected chi connectivity index (χ3v) is 5.45. The molecular weight excluding hydrogens is 367 g/mol. The second kappa shape index (κ2) is 5.86. The minimum Gasteiger partial charge on any atom is -0.382 e. The Balaban J connectivity index is 1.94. The third kappa shape index (κ3) is 2.41. The lowest BCUT2D eigenvalue weighted by molar-refractivity contribution is 0.997. The van der Waals surface area contributed by atoms with E-state index >= 15 is 0 Å². The average Bonchev–Trinajstić information content (AvgIpc) is 2.87. The highest BCUT2D eigenvalue weighted by atomic mass is 35.5. The molecule has 1 aromatic carbocycles. The largest absolute Gasteiger partial charge is 0.382 e. The van der Waals surface area contributed by atoms with Gasteiger partial charge in [0.2, 0.25) is 5.95 Å². The van der Waals surface area contributed by atoms with Crippen LogP contribution in [0.4, 0.5) is 11.6 Å². The van der Waals surface area contributed by atoms with Crippen LogP contribution in [0.5, 0.6) is 0 Å². The normalized spacial score (nSPS) is 12.7. The van der Waals surface area contributed by atoms with E-state index in [0.717, 1.165) is 32.0 Å². The van der Waals surface area contributed by atoms with Crippen molar-refractivity contribution in [1.82, 2.24) is 9.97 Å². The number of fused-ring (bicyclic) bond motifs is 3. The van der Waals surface area contributed by atoms with Crippen molar-refractivity contribution in [3.63, 3.8) is 0 Å². The second-order valence-corrected chi connectivity index (χ2v) is 7.01. The molecule has 3 aromatic rings. The summed E-state index contributed by atoms with van der Waals surface area (Å²) in [6.45, 7) is 1.07. The van der Waals surface area contributed by atoms with E-state index in [2.05, 4.69) is 20.3 Å². The van der Waals surface area contributed by atoms with Gasteiger partial charge in [0, 0.05) is 18.7 Å². The quantitative estimate of drug-likeness (QED) is 0.645. The van der Waals surface area contributed by atoms with E-state index in [9.17, 15) is 0 Å². The highest BCUT2D eigenvalue weighted by Crippen LogP contribution is 2.46. The molecule has 122 valence electrons. The SMILES string of the molecule is NCCNc1nc(-c2ccc(Cl)c(Cl)c2)c2c3c(sc2n1)C(N)=N3. The number of benzene rings is 1. The van der Waals surface area contributed by atoms with Gasteiger partial charge in [-0.15, -0.1) is 11.3 Å². The summed E-state index contributed by atoms with van der Waals surface area (Å²) in [7, 11) is 0. The fourth-order valence-electron chi connectivity index (χ4n) is 2.50. The third-order valence-electron chi connectivity index (χ3n) is 3.61.